The van der Waals surface area contributed by atoms with Crippen LogP contribution in [0.1, 0.15) is 12.8 Å². The standard InChI is InChI=1S/C10H11ClN2O2S/c11-10-9(6-3-7-12-10)16(14,15)13-8-4-1-2-5-8/h1-3,6-8,13H,4-5H2. The molecule has 16 heavy (non-hydrogen) atoms. The summed E-state index contributed by atoms with van der Waals surface area (Å²) < 4.78 is 26.5. The molecule has 0 fully saturated rings. The number of hydrogen-bond donors (Lipinski definition) is 1. The third kappa shape index (κ3) is 2.42. The van der Waals surface area contributed by atoms with Gasteiger partial charge in [-0.1, -0.05) is 23.8 Å². The van der Waals surface area contributed by atoms with Crippen LogP contribution in [0.4, 0.5) is 0 Å². The van der Waals surface area contributed by atoms with E-state index in [9.17, 15) is 8.42 Å². The molecule has 4 nitrogen and oxygen atoms in total. The third-order valence-corrected chi connectivity index (χ3v) is 4.31. The summed E-state index contributed by atoms with van der Waals surface area (Å²) in [5.74, 6) is 0. The lowest BCUT2D eigenvalue weighted by Crippen LogP contribution is -2.33. The van der Waals surface area contributed by atoms with E-state index >= 15 is 0 Å². The number of aromatic nitrogens is 1. The molecule has 0 bridgehead atoms. The highest BCUT2D eigenvalue weighted by atomic mass is 35.5. The molecule has 0 aromatic carbocycles. The molecule has 0 saturated heterocycles. The molecule has 0 unspecified atom stereocenters. The fourth-order valence-electron chi connectivity index (χ4n) is 1.57. The smallest absolute Gasteiger partial charge is 0.243 e. The van der Waals surface area contributed by atoms with Crippen molar-refractivity contribution in [2.45, 2.75) is 23.8 Å². The van der Waals surface area contributed by atoms with Crippen molar-refractivity contribution in [1.82, 2.24) is 9.71 Å². The highest BCUT2D eigenvalue weighted by Gasteiger charge is 2.22. The van der Waals surface area contributed by atoms with Crippen LogP contribution < -0.4 is 4.72 Å². The van der Waals surface area contributed by atoms with E-state index in [2.05, 4.69) is 9.71 Å². The number of hydrogen-bond acceptors (Lipinski definition) is 3. The highest BCUT2D eigenvalue weighted by Crippen LogP contribution is 2.20. The normalized spacial score (nSPS) is 16.8. The predicted molar refractivity (Wildman–Crippen MR) is 61.7 cm³/mol. The minimum atomic E-state index is -3.56. The molecule has 0 saturated carbocycles. The first-order valence-electron chi connectivity index (χ1n) is 4.87. The van der Waals surface area contributed by atoms with E-state index in [1.54, 1.807) is 6.07 Å². The zero-order chi connectivity index (χ0) is 11.6. The second-order valence-corrected chi connectivity index (χ2v) is 5.59. The van der Waals surface area contributed by atoms with Crippen LogP contribution in [0.25, 0.3) is 0 Å². The summed E-state index contributed by atoms with van der Waals surface area (Å²) >= 11 is 5.75. The molecule has 0 spiro atoms. The quantitative estimate of drug-likeness (QED) is 0.664. The van der Waals surface area contributed by atoms with E-state index in [0.29, 0.717) is 0 Å². The molecule has 0 aliphatic heterocycles. The van der Waals surface area contributed by atoms with Gasteiger partial charge in [0.05, 0.1) is 0 Å². The maximum Gasteiger partial charge on any atom is 0.243 e. The zero-order valence-electron chi connectivity index (χ0n) is 8.43. The minimum absolute atomic E-state index is 0.000885. The molecule has 1 aromatic heterocycles. The largest absolute Gasteiger partial charge is 0.243 e. The van der Waals surface area contributed by atoms with Crippen molar-refractivity contribution in [3.05, 3.63) is 35.6 Å². The van der Waals surface area contributed by atoms with Crippen molar-refractivity contribution in [2.24, 2.45) is 0 Å². The summed E-state index contributed by atoms with van der Waals surface area (Å²) in [6.07, 6.45) is 6.81. The van der Waals surface area contributed by atoms with Gasteiger partial charge in [-0.25, -0.2) is 18.1 Å². The summed E-state index contributed by atoms with van der Waals surface area (Å²) in [5.41, 5.74) is 0. The van der Waals surface area contributed by atoms with Gasteiger partial charge in [0.1, 0.15) is 10.0 Å². The second kappa shape index (κ2) is 4.53. The van der Waals surface area contributed by atoms with Gasteiger partial charge >= 0.3 is 0 Å². The minimum Gasteiger partial charge on any atom is -0.243 e. The molecule has 1 aliphatic rings. The Bertz CT molecular complexity index is 505. The van der Waals surface area contributed by atoms with Gasteiger partial charge in [0, 0.05) is 12.2 Å². The second-order valence-electron chi connectivity index (χ2n) is 3.55. The summed E-state index contributed by atoms with van der Waals surface area (Å²) in [6.45, 7) is 0. The lowest BCUT2D eigenvalue weighted by atomic mass is 10.3. The first-order chi connectivity index (χ1) is 7.59. The van der Waals surface area contributed by atoms with Crippen molar-refractivity contribution >= 4 is 21.6 Å². The molecule has 86 valence electrons. The van der Waals surface area contributed by atoms with E-state index in [1.807, 2.05) is 12.2 Å². The summed E-state index contributed by atoms with van der Waals surface area (Å²) in [6, 6.07) is 2.93. The Morgan fingerprint density at radius 1 is 1.38 bits per heavy atom. The van der Waals surface area contributed by atoms with E-state index in [0.717, 1.165) is 12.8 Å². The van der Waals surface area contributed by atoms with E-state index in [1.165, 1.54) is 12.3 Å². The van der Waals surface area contributed by atoms with Crippen LogP contribution in [-0.2, 0) is 10.0 Å². The monoisotopic (exact) mass is 258 g/mol. The van der Waals surface area contributed by atoms with Gasteiger partial charge in [-0.3, -0.25) is 0 Å². The molecule has 0 amide bonds. The van der Waals surface area contributed by atoms with E-state index in [-0.39, 0.29) is 16.1 Å². The van der Waals surface area contributed by atoms with Crippen LogP contribution in [0.2, 0.25) is 5.15 Å². The average molecular weight is 259 g/mol. The van der Waals surface area contributed by atoms with Gasteiger partial charge < -0.3 is 0 Å². The van der Waals surface area contributed by atoms with Crippen LogP contribution in [0.15, 0.2) is 35.4 Å². The predicted octanol–water partition coefficient (Wildman–Crippen LogP) is 1.73. The van der Waals surface area contributed by atoms with Crippen molar-refractivity contribution in [3.8, 4) is 0 Å². The van der Waals surface area contributed by atoms with Gasteiger partial charge in [0.15, 0.2) is 0 Å². The molecule has 1 aromatic rings. The molecule has 0 radical (unpaired) electrons. The van der Waals surface area contributed by atoms with Crippen molar-refractivity contribution in [1.29, 1.82) is 0 Å². The van der Waals surface area contributed by atoms with Gasteiger partial charge in [0.2, 0.25) is 10.0 Å². The molecule has 0 atom stereocenters. The number of nitrogens with zero attached hydrogens (tertiary/aromatic N) is 1. The third-order valence-electron chi connectivity index (χ3n) is 2.34. The van der Waals surface area contributed by atoms with Crippen LogP contribution in [0.3, 0.4) is 0 Å². The fraction of sp³-hybridized carbons (Fsp3) is 0.300. The maximum absolute atomic E-state index is 11.9. The zero-order valence-corrected chi connectivity index (χ0v) is 10.0. The van der Waals surface area contributed by atoms with Crippen molar-refractivity contribution < 1.29 is 8.42 Å². The highest BCUT2D eigenvalue weighted by molar-refractivity contribution is 7.89. The Hall–Kier alpha value is -0.910. The van der Waals surface area contributed by atoms with Gasteiger partial charge in [-0.2, -0.15) is 0 Å². The Kier molecular flexibility index (Phi) is 3.28. The molecular formula is C10H11ClN2O2S. The SMILES string of the molecule is O=S(=O)(NC1CC=CC1)c1cccnc1Cl. The maximum atomic E-state index is 11.9. The lowest BCUT2D eigenvalue weighted by Gasteiger charge is -2.12. The molecule has 1 aliphatic carbocycles. The fourth-order valence-corrected chi connectivity index (χ4v) is 3.28. The molecular weight excluding hydrogens is 248 g/mol. The van der Waals surface area contributed by atoms with Gasteiger partial charge in [-0.05, 0) is 25.0 Å². The van der Waals surface area contributed by atoms with Crippen LogP contribution in [-0.4, -0.2) is 19.4 Å². The van der Waals surface area contributed by atoms with Gasteiger partial charge in [0.25, 0.3) is 0 Å². The Morgan fingerprint density at radius 3 is 2.69 bits per heavy atom. The Morgan fingerprint density at radius 2 is 2.06 bits per heavy atom. The average Bonchev–Trinajstić information content (AvgIpc) is 2.70. The first-order valence-corrected chi connectivity index (χ1v) is 6.73. The van der Waals surface area contributed by atoms with Gasteiger partial charge in [-0.15, -0.1) is 0 Å². The lowest BCUT2D eigenvalue weighted by molar-refractivity contribution is 0.557. The first kappa shape index (κ1) is 11.6. The number of rotatable bonds is 3. The topological polar surface area (TPSA) is 59.1 Å². The summed E-state index contributed by atoms with van der Waals surface area (Å²) in [4.78, 5) is 3.78. The summed E-state index contributed by atoms with van der Waals surface area (Å²) in [5, 5.41) is 0.000885. The number of halogens is 1. The van der Waals surface area contributed by atoms with Crippen LogP contribution in [0.5, 0.6) is 0 Å². The van der Waals surface area contributed by atoms with Crippen molar-refractivity contribution in [3.63, 3.8) is 0 Å². The van der Waals surface area contributed by atoms with Crippen molar-refractivity contribution in [2.75, 3.05) is 0 Å². The number of nitrogens with one attached hydrogen (secondary N) is 1. The molecule has 1 N–H and O–H groups in total. The van der Waals surface area contributed by atoms with E-state index < -0.39 is 10.0 Å². The molecule has 6 heteroatoms. The van der Waals surface area contributed by atoms with Crippen LogP contribution in [0, 0.1) is 0 Å². The Labute approximate surface area is 99.4 Å². The number of pyridine rings is 1. The molecule has 2 rings (SSSR count). The number of sulfonamides is 1. The van der Waals surface area contributed by atoms with Crippen LogP contribution >= 0.6 is 11.6 Å². The Balaban J connectivity index is 2.22. The van der Waals surface area contributed by atoms with E-state index in [4.69, 9.17) is 11.6 Å². The molecule has 1 heterocycles. The summed E-state index contributed by atoms with van der Waals surface area (Å²) in [7, 11) is -3.56.